The summed E-state index contributed by atoms with van der Waals surface area (Å²) < 4.78 is 25.6. The number of halogens is 2. The van der Waals surface area contributed by atoms with E-state index in [-0.39, 0.29) is 64.2 Å². The molecule has 2 saturated heterocycles. The number of hydrogen-bond donors (Lipinski definition) is 0. The second-order valence-electron chi connectivity index (χ2n) is 12.8. The molecule has 2 aromatic carbocycles. The van der Waals surface area contributed by atoms with Gasteiger partial charge in [0.15, 0.2) is 5.82 Å². The summed E-state index contributed by atoms with van der Waals surface area (Å²) in [5.74, 6) is -0.482. The average Bonchev–Trinajstić information content (AvgIpc) is 3.72. The van der Waals surface area contributed by atoms with Crippen molar-refractivity contribution in [3.8, 4) is 29.3 Å². The Bertz CT molecular complexity index is 2170. The van der Waals surface area contributed by atoms with Crippen LogP contribution in [-0.2, 0) is 4.79 Å². The second kappa shape index (κ2) is 12.6. The molecule has 2 fully saturated rings. The van der Waals surface area contributed by atoms with Crippen molar-refractivity contribution in [2.45, 2.75) is 70.2 Å². The second-order valence-corrected chi connectivity index (χ2v) is 13.2. The van der Waals surface area contributed by atoms with Gasteiger partial charge in [-0.2, -0.15) is 15.6 Å². The molecular weight excluding hydrogens is 631 g/mol. The van der Waals surface area contributed by atoms with Gasteiger partial charge in [-0.1, -0.05) is 23.7 Å². The van der Waals surface area contributed by atoms with Crippen molar-refractivity contribution in [2.75, 3.05) is 20.1 Å². The lowest BCUT2D eigenvalue weighted by molar-refractivity contribution is -0.132. The molecule has 10 nitrogen and oxygen atoms in total. The number of ether oxygens (including phenoxy) is 1. The van der Waals surface area contributed by atoms with Crippen LogP contribution in [0.15, 0.2) is 42.7 Å². The topological polar surface area (TPSA) is 124 Å². The lowest BCUT2D eigenvalue weighted by Gasteiger charge is -2.38. The van der Waals surface area contributed by atoms with Crippen LogP contribution in [0.5, 0.6) is 5.88 Å². The van der Waals surface area contributed by atoms with E-state index in [1.165, 1.54) is 6.92 Å². The zero-order valence-electron chi connectivity index (χ0n) is 27.0. The molecule has 0 spiro atoms. The minimum Gasteiger partial charge on any atom is -0.472 e. The normalized spacial score (nSPS) is 20.6. The Morgan fingerprint density at radius 2 is 2.04 bits per heavy atom. The number of carbonyl (C=O) groups excluding carboxylic acids is 1. The van der Waals surface area contributed by atoms with Crippen LogP contribution >= 0.6 is 11.6 Å². The number of likely N-dealkylation sites (N-methyl/N-ethyl adjacent to an activating group) is 1. The minimum atomic E-state index is -0.677. The van der Waals surface area contributed by atoms with Gasteiger partial charge in [0.1, 0.15) is 11.6 Å². The van der Waals surface area contributed by atoms with Gasteiger partial charge in [0.2, 0.25) is 11.8 Å². The molecule has 0 bridgehead atoms. The lowest BCUT2D eigenvalue weighted by Crippen LogP contribution is -2.45. The van der Waals surface area contributed by atoms with Crippen molar-refractivity contribution >= 4 is 50.1 Å². The third-order valence-corrected chi connectivity index (χ3v) is 10.3. The van der Waals surface area contributed by atoms with Crippen LogP contribution in [0.4, 0.5) is 4.39 Å². The number of likely N-dealkylation sites (tertiary alicyclic amines) is 2. The van der Waals surface area contributed by atoms with Gasteiger partial charge in [0, 0.05) is 42.5 Å². The number of carbonyl (C=O) groups is 1. The molecule has 7 rings (SSSR count). The number of aromatic nitrogens is 4. The SMILES string of the molecule is CC(=O)N1CC[C@H](n2ncc3c(O[C@@H](C)C4CCCN4C)nc4c(F)c(-c5nccc6cccc(C#N)c56)c(Cl)cc4c32)C[C@H]1CC#N. The number of rotatable bonds is 6. The van der Waals surface area contributed by atoms with Gasteiger partial charge in [-0.25, -0.2) is 9.37 Å². The first-order chi connectivity index (χ1) is 23.2. The molecule has 1 unspecified atom stereocenters. The molecule has 2 aliphatic rings. The van der Waals surface area contributed by atoms with Crippen LogP contribution in [-0.4, -0.2) is 73.8 Å². The van der Waals surface area contributed by atoms with Crippen LogP contribution in [0, 0.1) is 28.5 Å². The number of nitriles is 2. The van der Waals surface area contributed by atoms with E-state index in [4.69, 9.17) is 26.4 Å². The zero-order valence-corrected chi connectivity index (χ0v) is 27.7. The molecule has 5 heterocycles. The maximum Gasteiger partial charge on any atom is 0.225 e. The van der Waals surface area contributed by atoms with E-state index in [0.29, 0.717) is 46.6 Å². The van der Waals surface area contributed by atoms with Crippen molar-refractivity contribution in [3.05, 3.63) is 59.1 Å². The smallest absolute Gasteiger partial charge is 0.225 e. The fraction of sp³-hybridized carbons (Fsp3) is 0.389. The van der Waals surface area contributed by atoms with Crippen molar-refractivity contribution in [1.82, 2.24) is 29.5 Å². The monoisotopic (exact) mass is 664 g/mol. The van der Waals surface area contributed by atoms with E-state index in [1.807, 2.05) is 17.7 Å². The molecule has 5 aromatic rings. The summed E-state index contributed by atoms with van der Waals surface area (Å²) in [6.07, 6.45) is 6.39. The molecule has 2 aliphatic heterocycles. The van der Waals surface area contributed by atoms with E-state index in [2.05, 4.69) is 29.1 Å². The number of pyridine rings is 2. The zero-order chi connectivity index (χ0) is 33.7. The maximum atomic E-state index is 17.1. The maximum absolute atomic E-state index is 17.1. The molecule has 12 heteroatoms. The average molecular weight is 665 g/mol. The van der Waals surface area contributed by atoms with Crippen LogP contribution in [0.2, 0.25) is 5.02 Å². The number of fused-ring (bicyclic) bond motifs is 4. The number of amides is 1. The van der Waals surface area contributed by atoms with Crippen LogP contribution in [0.1, 0.15) is 57.6 Å². The van der Waals surface area contributed by atoms with Crippen molar-refractivity contribution in [2.24, 2.45) is 0 Å². The van der Waals surface area contributed by atoms with Gasteiger partial charge < -0.3 is 9.64 Å². The van der Waals surface area contributed by atoms with Crippen molar-refractivity contribution in [1.29, 1.82) is 10.5 Å². The van der Waals surface area contributed by atoms with Crippen LogP contribution in [0.3, 0.4) is 0 Å². The highest BCUT2D eigenvalue weighted by molar-refractivity contribution is 6.35. The first-order valence-corrected chi connectivity index (χ1v) is 16.6. The molecular formula is C36H34ClFN8O2. The Morgan fingerprint density at radius 1 is 1.21 bits per heavy atom. The van der Waals surface area contributed by atoms with E-state index >= 15 is 4.39 Å². The van der Waals surface area contributed by atoms with Crippen LogP contribution < -0.4 is 4.74 Å². The van der Waals surface area contributed by atoms with E-state index in [9.17, 15) is 15.3 Å². The quantitative estimate of drug-likeness (QED) is 0.194. The summed E-state index contributed by atoms with van der Waals surface area (Å²) in [6, 6.07) is 12.9. The van der Waals surface area contributed by atoms with Gasteiger partial charge in [-0.15, -0.1) is 0 Å². The number of piperidine rings is 1. The summed E-state index contributed by atoms with van der Waals surface area (Å²) in [7, 11) is 2.07. The molecule has 0 aliphatic carbocycles. The first-order valence-electron chi connectivity index (χ1n) is 16.2. The summed E-state index contributed by atoms with van der Waals surface area (Å²) in [6.45, 7) is 4.97. The van der Waals surface area contributed by atoms with E-state index in [0.717, 1.165) is 24.8 Å². The predicted molar refractivity (Wildman–Crippen MR) is 181 cm³/mol. The molecule has 1 amide bonds. The van der Waals surface area contributed by atoms with Crippen molar-refractivity contribution in [3.63, 3.8) is 0 Å². The summed E-state index contributed by atoms with van der Waals surface area (Å²) in [5.41, 5.74) is 1.33. The lowest BCUT2D eigenvalue weighted by atomic mass is 9.94. The Kier molecular flexibility index (Phi) is 8.36. The van der Waals surface area contributed by atoms with Crippen molar-refractivity contribution < 1.29 is 13.9 Å². The molecule has 0 radical (unpaired) electrons. The van der Waals surface area contributed by atoms with Gasteiger partial charge in [0.25, 0.3) is 0 Å². The molecule has 0 saturated carbocycles. The highest BCUT2D eigenvalue weighted by Gasteiger charge is 2.34. The fourth-order valence-electron chi connectivity index (χ4n) is 7.69. The minimum absolute atomic E-state index is 0.0496. The highest BCUT2D eigenvalue weighted by Crippen LogP contribution is 2.43. The largest absolute Gasteiger partial charge is 0.472 e. The van der Waals surface area contributed by atoms with E-state index in [1.54, 1.807) is 41.6 Å². The molecule has 3 aromatic heterocycles. The standard InChI is InChI=1S/C36H34ClFN8O2/c1-20(29-8-5-14-44(29)3)48-36-27-19-42-46(25-11-15-45(21(2)47)24(16-25)9-12-39)35(27)26-17-28(37)31(32(38)33(26)43-36)34-30-22(10-13-41-34)6-4-7-23(30)18-40/h4,6-7,10,13,17,19-20,24-25,29H,5,8-9,11,14-16H2,1-3H3/t20-,24+,25-,29?/m0/s1. The molecule has 0 N–H and O–H groups in total. The molecule has 48 heavy (non-hydrogen) atoms. The third-order valence-electron chi connectivity index (χ3n) is 10.0. The molecule has 244 valence electrons. The Balaban J connectivity index is 1.45. The highest BCUT2D eigenvalue weighted by atomic mass is 35.5. The van der Waals surface area contributed by atoms with E-state index < -0.39 is 5.82 Å². The Morgan fingerprint density at radius 3 is 2.77 bits per heavy atom. The number of nitrogens with zero attached hydrogens (tertiary/aromatic N) is 8. The predicted octanol–water partition coefficient (Wildman–Crippen LogP) is 6.79. The van der Waals surface area contributed by atoms with Gasteiger partial charge in [-0.3, -0.25) is 19.4 Å². The molecule has 4 atom stereocenters. The third kappa shape index (κ3) is 5.28. The number of benzene rings is 2. The summed E-state index contributed by atoms with van der Waals surface area (Å²) >= 11 is 6.95. The fourth-order valence-corrected chi connectivity index (χ4v) is 7.97. The van der Waals surface area contributed by atoms with Gasteiger partial charge >= 0.3 is 0 Å². The Labute approximate surface area is 282 Å². The van der Waals surface area contributed by atoms with Gasteiger partial charge in [0.05, 0.1) is 63.5 Å². The van der Waals surface area contributed by atoms with Crippen LogP contribution in [0.25, 0.3) is 43.8 Å². The number of hydrogen-bond acceptors (Lipinski definition) is 8. The summed E-state index contributed by atoms with van der Waals surface area (Å²) in [4.78, 5) is 25.7. The summed E-state index contributed by atoms with van der Waals surface area (Å²) in [5, 5.41) is 26.7. The Hall–Kier alpha value is -4.84. The van der Waals surface area contributed by atoms with Gasteiger partial charge in [-0.05, 0) is 69.8 Å². The first kappa shape index (κ1) is 31.7.